The van der Waals surface area contributed by atoms with Crippen LogP contribution in [0.15, 0.2) is 28.7 Å². The summed E-state index contributed by atoms with van der Waals surface area (Å²) in [5.74, 6) is 0.281. The Labute approximate surface area is 154 Å². The molecule has 0 bridgehead atoms. The molecule has 2 aliphatic heterocycles. The summed E-state index contributed by atoms with van der Waals surface area (Å²) in [6.45, 7) is 7.47. The number of aliphatic hydroxyl groups is 1. The third-order valence-electron chi connectivity index (χ3n) is 5.77. The molecule has 2 saturated heterocycles. The van der Waals surface area contributed by atoms with Gasteiger partial charge in [0.15, 0.2) is 5.76 Å². The van der Waals surface area contributed by atoms with Crippen molar-refractivity contribution in [2.45, 2.75) is 18.9 Å². The molecule has 26 heavy (non-hydrogen) atoms. The lowest BCUT2D eigenvalue weighted by atomic mass is 10.0. The standard InChI is InChI=1S/C20H27N3O3/c1-15-16-5-3-4-6-17(16)26-18(15)19(24)23-8-7-20(25,14-23)13-22-11-9-21(2)10-12-22/h3-6,25H,7-14H2,1-2H3/t20-/m0/s1. The smallest absolute Gasteiger partial charge is 0.289 e. The molecule has 1 aromatic carbocycles. The number of aryl methyl sites for hydroxylation is 1. The zero-order valence-electron chi connectivity index (χ0n) is 15.6. The minimum atomic E-state index is -0.828. The summed E-state index contributed by atoms with van der Waals surface area (Å²) in [6, 6.07) is 7.71. The summed E-state index contributed by atoms with van der Waals surface area (Å²) >= 11 is 0. The Balaban J connectivity index is 1.45. The number of carbonyl (C=O) groups is 1. The average molecular weight is 357 g/mol. The van der Waals surface area contributed by atoms with Gasteiger partial charge in [-0.2, -0.15) is 0 Å². The van der Waals surface area contributed by atoms with Crippen molar-refractivity contribution in [2.75, 3.05) is 52.9 Å². The van der Waals surface area contributed by atoms with Gasteiger partial charge in [0.1, 0.15) is 5.58 Å². The summed E-state index contributed by atoms with van der Waals surface area (Å²) in [6.07, 6.45) is 0.615. The predicted octanol–water partition coefficient (Wildman–Crippen LogP) is 1.57. The molecule has 1 N–H and O–H groups in total. The van der Waals surface area contributed by atoms with Gasteiger partial charge < -0.3 is 19.3 Å². The van der Waals surface area contributed by atoms with E-state index >= 15 is 0 Å². The lowest BCUT2D eigenvalue weighted by molar-refractivity contribution is 0.000296. The number of hydrogen-bond donors (Lipinski definition) is 1. The van der Waals surface area contributed by atoms with Crippen LogP contribution in [0.1, 0.15) is 22.5 Å². The van der Waals surface area contributed by atoms with Gasteiger partial charge in [-0.25, -0.2) is 0 Å². The highest BCUT2D eigenvalue weighted by Crippen LogP contribution is 2.29. The van der Waals surface area contributed by atoms with Crippen LogP contribution in [-0.4, -0.2) is 84.2 Å². The van der Waals surface area contributed by atoms with Crippen LogP contribution in [0, 0.1) is 6.92 Å². The van der Waals surface area contributed by atoms with Crippen LogP contribution in [0.5, 0.6) is 0 Å². The molecule has 6 nitrogen and oxygen atoms in total. The molecule has 2 aliphatic rings. The quantitative estimate of drug-likeness (QED) is 0.904. The number of nitrogens with zero attached hydrogens (tertiary/aromatic N) is 3. The number of hydrogen-bond acceptors (Lipinski definition) is 5. The second-order valence-electron chi connectivity index (χ2n) is 7.83. The molecule has 0 radical (unpaired) electrons. The Hall–Kier alpha value is -1.89. The zero-order chi connectivity index (χ0) is 18.3. The molecular weight excluding hydrogens is 330 g/mol. The fourth-order valence-electron chi connectivity index (χ4n) is 4.10. The molecule has 1 aromatic heterocycles. The van der Waals surface area contributed by atoms with Gasteiger partial charge in [-0.15, -0.1) is 0 Å². The number of amides is 1. The number of furan rings is 1. The van der Waals surface area contributed by atoms with Crippen molar-refractivity contribution in [1.29, 1.82) is 0 Å². The first-order valence-electron chi connectivity index (χ1n) is 9.36. The molecule has 0 saturated carbocycles. The Morgan fingerprint density at radius 3 is 2.65 bits per heavy atom. The molecule has 0 spiro atoms. The van der Waals surface area contributed by atoms with E-state index in [1.807, 2.05) is 31.2 Å². The van der Waals surface area contributed by atoms with Crippen LogP contribution in [0.3, 0.4) is 0 Å². The van der Waals surface area contributed by atoms with Gasteiger partial charge >= 0.3 is 0 Å². The summed E-state index contributed by atoms with van der Waals surface area (Å²) in [5.41, 5.74) is 0.784. The number of β-amino-alcohol motifs (C(OH)–C–C–N with tert-alkyl or cyclic N) is 1. The predicted molar refractivity (Wildman–Crippen MR) is 100 cm³/mol. The topological polar surface area (TPSA) is 60.2 Å². The van der Waals surface area contributed by atoms with Gasteiger partial charge in [-0.3, -0.25) is 9.69 Å². The number of fused-ring (bicyclic) bond motifs is 1. The van der Waals surface area contributed by atoms with Crippen LogP contribution in [0.4, 0.5) is 0 Å². The first-order chi connectivity index (χ1) is 12.5. The van der Waals surface area contributed by atoms with Crippen molar-refractivity contribution < 1.29 is 14.3 Å². The zero-order valence-corrected chi connectivity index (χ0v) is 15.6. The van der Waals surface area contributed by atoms with E-state index in [1.54, 1.807) is 4.90 Å². The maximum atomic E-state index is 13.0. The molecule has 2 fully saturated rings. The third kappa shape index (κ3) is 3.24. The molecule has 1 atom stereocenters. The molecule has 140 valence electrons. The second-order valence-corrected chi connectivity index (χ2v) is 7.83. The van der Waals surface area contributed by atoms with Crippen LogP contribution >= 0.6 is 0 Å². The lowest BCUT2D eigenvalue weighted by Crippen LogP contribution is -2.52. The first kappa shape index (κ1) is 17.5. The van der Waals surface area contributed by atoms with E-state index in [-0.39, 0.29) is 5.91 Å². The van der Waals surface area contributed by atoms with E-state index in [0.717, 1.165) is 42.7 Å². The average Bonchev–Trinajstić information content (AvgIpc) is 3.18. The van der Waals surface area contributed by atoms with Crippen molar-refractivity contribution in [1.82, 2.24) is 14.7 Å². The number of piperazine rings is 1. The maximum Gasteiger partial charge on any atom is 0.289 e. The Kier molecular flexibility index (Phi) is 4.50. The molecule has 0 aliphatic carbocycles. The molecule has 1 amide bonds. The Morgan fingerprint density at radius 2 is 1.92 bits per heavy atom. The van der Waals surface area contributed by atoms with Gasteiger partial charge in [0.05, 0.1) is 12.1 Å². The van der Waals surface area contributed by atoms with Gasteiger partial charge in [0.2, 0.25) is 0 Å². The monoisotopic (exact) mass is 357 g/mol. The summed E-state index contributed by atoms with van der Waals surface area (Å²) in [5, 5.41) is 12.0. The number of rotatable bonds is 3. The van der Waals surface area contributed by atoms with Crippen LogP contribution < -0.4 is 0 Å². The number of likely N-dealkylation sites (N-methyl/N-ethyl adjacent to an activating group) is 1. The third-order valence-corrected chi connectivity index (χ3v) is 5.77. The van der Waals surface area contributed by atoms with Crippen molar-refractivity contribution in [3.8, 4) is 0 Å². The highest BCUT2D eigenvalue weighted by Gasteiger charge is 2.41. The second kappa shape index (κ2) is 6.68. The molecular formula is C20H27N3O3. The fourth-order valence-corrected chi connectivity index (χ4v) is 4.10. The van der Waals surface area contributed by atoms with E-state index in [9.17, 15) is 9.90 Å². The van der Waals surface area contributed by atoms with E-state index in [0.29, 0.717) is 31.8 Å². The van der Waals surface area contributed by atoms with Crippen LogP contribution in [0.25, 0.3) is 11.0 Å². The Morgan fingerprint density at radius 1 is 1.19 bits per heavy atom. The number of likely N-dealkylation sites (tertiary alicyclic amines) is 1. The summed E-state index contributed by atoms with van der Waals surface area (Å²) in [4.78, 5) is 19.3. The first-order valence-corrected chi connectivity index (χ1v) is 9.36. The largest absolute Gasteiger partial charge is 0.451 e. The number of carbonyl (C=O) groups excluding carboxylic acids is 1. The minimum Gasteiger partial charge on any atom is -0.451 e. The van der Waals surface area contributed by atoms with Crippen molar-refractivity contribution >= 4 is 16.9 Å². The highest BCUT2D eigenvalue weighted by molar-refractivity contribution is 5.99. The van der Waals surface area contributed by atoms with Crippen LogP contribution in [0.2, 0.25) is 0 Å². The van der Waals surface area contributed by atoms with E-state index in [4.69, 9.17) is 4.42 Å². The van der Waals surface area contributed by atoms with Crippen molar-refractivity contribution in [3.05, 3.63) is 35.6 Å². The van der Waals surface area contributed by atoms with Crippen molar-refractivity contribution in [2.24, 2.45) is 0 Å². The number of benzene rings is 1. The molecule has 3 heterocycles. The van der Waals surface area contributed by atoms with Crippen molar-refractivity contribution in [3.63, 3.8) is 0 Å². The number of para-hydroxylation sites is 1. The minimum absolute atomic E-state index is 0.118. The van der Waals surface area contributed by atoms with Gasteiger partial charge in [0, 0.05) is 50.2 Å². The molecule has 4 rings (SSSR count). The van der Waals surface area contributed by atoms with Crippen LogP contribution in [-0.2, 0) is 0 Å². The Bertz CT molecular complexity index is 810. The van der Waals surface area contributed by atoms with Gasteiger partial charge in [-0.05, 0) is 26.5 Å². The SMILES string of the molecule is Cc1c(C(=O)N2CC[C@](O)(CN3CCN(C)CC3)C2)oc2ccccc12. The summed E-state index contributed by atoms with van der Waals surface area (Å²) in [7, 11) is 2.12. The van der Waals surface area contributed by atoms with E-state index < -0.39 is 5.60 Å². The molecule has 6 heteroatoms. The van der Waals surface area contributed by atoms with Gasteiger partial charge in [-0.1, -0.05) is 18.2 Å². The lowest BCUT2D eigenvalue weighted by Gasteiger charge is -2.36. The normalized spacial score (nSPS) is 25.3. The fraction of sp³-hybridized carbons (Fsp3) is 0.550. The molecule has 2 aromatic rings. The summed E-state index contributed by atoms with van der Waals surface area (Å²) < 4.78 is 5.81. The van der Waals surface area contributed by atoms with Gasteiger partial charge in [0.25, 0.3) is 5.91 Å². The highest BCUT2D eigenvalue weighted by atomic mass is 16.3. The molecule has 0 unspecified atom stereocenters. The van der Waals surface area contributed by atoms with E-state index in [1.165, 1.54) is 0 Å². The maximum absolute atomic E-state index is 13.0. The van der Waals surface area contributed by atoms with E-state index in [2.05, 4.69) is 16.8 Å².